The van der Waals surface area contributed by atoms with E-state index in [1.807, 2.05) is 0 Å². The van der Waals surface area contributed by atoms with Crippen molar-refractivity contribution in [2.45, 2.75) is 38.0 Å². The maximum Gasteiger partial charge on any atom is 0.133 e. The van der Waals surface area contributed by atoms with Crippen LogP contribution in [0.4, 0.5) is 8.78 Å². The van der Waals surface area contributed by atoms with Gasteiger partial charge in [-0.1, -0.05) is 31.4 Å². The molecule has 4 heteroatoms. The molecular formula is C20H20F2O2. The fraction of sp³-hybridized carbons (Fsp3) is 0.300. The van der Waals surface area contributed by atoms with Gasteiger partial charge in [0.1, 0.15) is 23.1 Å². The zero-order valence-corrected chi connectivity index (χ0v) is 13.3. The summed E-state index contributed by atoms with van der Waals surface area (Å²) in [6, 6.07) is 6.73. The number of aromatic hydroxyl groups is 2. The Kier molecular flexibility index (Phi) is 4.84. The second-order valence-corrected chi connectivity index (χ2v) is 6.28. The molecule has 0 unspecified atom stereocenters. The van der Waals surface area contributed by atoms with Crippen molar-refractivity contribution >= 4 is 12.2 Å². The van der Waals surface area contributed by atoms with Crippen molar-refractivity contribution in [2.75, 3.05) is 0 Å². The molecule has 0 bridgehead atoms. The molecular weight excluding hydrogens is 310 g/mol. The zero-order valence-electron chi connectivity index (χ0n) is 13.3. The van der Waals surface area contributed by atoms with E-state index in [1.54, 1.807) is 0 Å². The third-order valence-electron chi connectivity index (χ3n) is 4.61. The normalized spacial score (nSPS) is 15.9. The van der Waals surface area contributed by atoms with Gasteiger partial charge in [-0.2, -0.15) is 0 Å². The molecule has 2 aromatic rings. The highest BCUT2D eigenvalue weighted by Gasteiger charge is 2.22. The molecule has 0 aromatic heterocycles. The Morgan fingerprint density at radius 2 is 1.46 bits per heavy atom. The molecule has 2 nitrogen and oxygen atoms in total. The van der Waals surface area contributed by atoms with Gasteiger partial charge in [0.15, 0.2) is 0 Å². The summed E-state index contributed by atoms with van der Waals surface area (Å²) in [5.74, 6) is -1.07. The SMILES string of the molecule is Oc1cc(/C=C/c2c(F)cccc2F)cc(O)c1C1CCCCC1. The average molecular weight is 330 g/mol. The summed E-state index contributed by atoms with van der Waals surface area (Å²) < 4.78 is 27.3. The number of hydrogen-bond donors (Lipinski definition) is 2. The van der Waals surface area contributed by atoms with Crippen LogP contribution in [0.5, 0.6) is 11.5 Å². The predicted octanol–water partition coefficient (Wildman–Crippen LogP) is 5.59. The van der Waals surface area contributed by atoms with Crippen LogP contribution < -0.4 is 0 Å². The standard InChI is InChI=1S/C20H20F2O2/c21-16-7-4-8-17(22)15(16)10-9-13-11-18(23)20(19(24)12-13)14-5-2-1-3-6-14/h4,7-12,14,23-24H,1-3,5-6H2/b10-9+. The van der Waals surface area contributed by atoms with Crippen molar-refractivity contribution in [1.29, 1.82) is 0 Å². The second kappa shape index (κ2) is 7.04. The van der Waals surface area contributed by atoms with Gasteiger partial charge in [-0.25, -0.2) is 8.78 Å². The molecule has 1 fully saturated rings. The van der Waals surface area contributed by atoms with Gasteiger partial charge < -0.3 is 10.2 Å². The van der Waals surface area contributed by atoms with Crippen LogP contribution in [0.2, 0.25) is 0 Å². The van der Waals surface area contributed by atoms with E-state index < -0.39 is 11.6 Å². The minimum absolute atomic E-state index is 0.0376. The number of hydrogen-bond acceptors (Lipinski definition) is 2. The molecule has 0 heterocycles. The third kappa shape index (κ3) is 3.42. The van der Waals surface area contributed by atoms with Gasteiger partial charge in [0.25, 0.3) is 0 Å². The smallest absolute Gasteiger partial charge is 0.133 e. The van der Waals surface area contributed by atoms with Crippen LogP contribution >= 0.6 is 0 Å². The van der Waals surface area contributed by atoms with Crippen LogP contribution in [-0.2, 0) is 0 Å². The molecule has 2 N–H and O–H groups in total. The lowest BCUT2D eigenvalue weighted by molar-refractivity contribution is 0.389. The maximum absolute atomic E-state index is 13.6. The number of phenols is 2. The molecule has 126 valence electrons. The highest BCUT2D eigenvalue weighted by atomic mass is 19.1. The average Bonchev–Trinajstić information content (AvgIpc) is 2.55. The molecule has 3 rings (SSSR count). The van der Waals surface area contributed by atoms with Gasteiger partial charge >= 0.3 is 0 Å². The van der Waals surface area contributed by atoms with Gasteiger partial charge in [0, 0.05) is 11.1 Å². The van der Waals surface area contributed by atoms with Gasteiger partial charge in [0.05, 0.1) is 0 Å². The number of halogens is 2. The summed E-state index contributed by atoms with van der Waals surface area (Å²) in [6.07, 6.45) is 8.07. The summed E-state index contributed by atoms with van der Waals surface area (Å²) in [6.45, 7) is 0. The first-order valence-corrected chi connectivity index (χ1v) is 8.24. The van der Waals surface area contributed by atoms with Crippen molar-refractivity contribution in [3.8, 4) is 11.5 Å². The van der Waals surface area contributed by atoms with Gasteiger partial charge in [-0.15, -0.1) is 0 Å². The lowest BCUT2D eigenvalue weighted by atomic mass is 9.83. The largest absolute Gasteiger partial charge is 0.507 e. The van der Waals surface area contributed by atoms with Crippen molar-refractivity contribution in [2.24, 2.45) is 0 Å². The first-order chi connectivity index (χ1) is 11.6. The summed E-state index contributed by atoms with van der Waals surface area (Å²) in [4.78, 5) is 0. The first kappa shape index (κ1) is 16.5. The van der Waals surface area contributed by atoms with E-state index in [9.17, 15) is 19.0 Å². The third-order valence-corrected chi connectivity index (χ3v) is 4.61. The molecule has 1 aliphatic rings. The molecule has 2 aromatic carbocycles. The van der Waals surface area contributed by atoms with Gasteiger partial charge in [-0.05, 0) is 54.7 Å². The first-order valence-electron chi connectivity index (χ1n) is 8.24. The second-order valence-electron chi connectivity index (χ2n) is 6.28. The fourth-order valence-electron chi connectivity index (χ4n) is 3.40. The molecule has 0 radical (unpaired) electrons. The fourth-order valence-corrected chi connectivity index (χ4v) is 3.40. The Hall–Kier alpha value is -2.36. The number of benzene rings is 2. The van der Waals surface area contributed by atoms with E-state index >= 15 is 0 Å². The van der Waals surface area contributed by atoms with Crippen LogP contribution in [-0.4, -0.2) is 10.2 Å². The summed E-state index contributed by atoms with van der Waals surface area (Å²) >= 11 is 0. The van der Waals surface area contributed by atoms with Gasteiger partial charge in [0.2, 0.25) is 0 Å². The van der Waals surface area contributed by atoms with E-state index in [0.717, 1.165) is 25.7 Å². The highest BCUT2D eigenvalue weighted by Crippen LogP contribution is 2.42. The molecule has 0 spiro atoms. The van der Waals surface area contributed by atoms with Crippen LogP contribution in [0.25, 0.3) is 12.2 Å². The molecule has 24 heavy (non-hydrogen) atoms. The number of rotatable bonds is 3. The maximum atomic E-state index is 13.6. The lowest BCUT2D eigenvalue weighted by Crippen LogP contribution is -2.05. The van der Waals surface area contributed by atoms with Crippen molar-refractivity contribution in [3.05, 3.63) is 58.7 Å². The molecule has 0 aliphatic heterocycles. The van der Waals surface area contributed by atoms with Crippen LogP contribution in [0.1, 0.15) is 54.7 Å². The Morgan fingerprint density at radius 1 is 0.875 bits per heavy atom. The van der Waals surface area contributed by atoms with E-state index in [0.29, 0.717) is 11.1 Å². The molecule has 1 aliphatic carbocycles. The Labute approximate surface area is 140 Å². The van der Waals surface area contributed by atoms with Crippen molar-refractivity contribution in [1.82, 2.24) is 0 Å². The molecule has 0 saturated heterocycles. The topological polar surface area (TPSA) is 40.5 Å². The van der Waals surface area contributed by atoms with Crippen molar-refractivity contribution in [3.63, 3.8) is 0 Å². The van der Waals surface area contributed by atoms with Crippen molar-refractivity contribution < 1.29 is 19.0 Å². The summed E-state index contributed by atoms with van der Waals surface area (Å²) in [5, 5.41) is 20.6. The summed E-state index contributed by atoms with van der Waals surface area (Å²) in [5.41, 5.74) is 0.934. The minimum atomic E-state index is -0.654. The molecule has 1 saturated carbocycles. The van der Waals surface area contributed by atoms with E-state index in [2.05, 4.69) is 0 Å². The van der Waals surface area contributed by atoms with Crippen LogP contribution in [0.3, 0.4) is 0 Å². The van der Waals surface area contributed by atoms with Crippen LogP contribution in [0.15, 0.2) is 30.3 Å². The lowest BCUT2D eigenvalue weighted by Gasteiger charge is -2.23. The van der Waals surface area contributed by atoms with Crippen LogP contribution in [0, 0.1) is 11.6 Å². The van der Waals surface area contributed by atoms with E-state index in [-0.39, 0.29) is 23.0 Å². The highest BCUT2D eigenvalue weighted by molar-refractivity contribution is 5.72. The van der Waals surface area contributed by atoms with Gasteiger partial charge in [-0.3, -0.25) is 0 Å². The zero-order chi connectivity index (χ0) is 17.1. The number of phenolic OH excluding ortho intramolecular Hbond substituents is 2. The Morgan fingerprint density at radius 3 is 2.04 bits per heavy atom. The quantitative estimate of drug-likeness (QED) is 0.720. The van der Waals surface area contributed by atoms with E-state index in [1.165, 1.54) is 48.9 Å². The molecule has 0 amide bonds. The Bertz CT molecular complexity index is 719. The predicted molar refractivity (Wildman–Crippen MR) is 90.9 cm³/mol. The van der Waals surface area contributed by atoms with E-state index in [4.69, 9.17) is 0 Å². The summed E-state index contributed by atoms with van der Waals surface area (Å²) in [7, 11) is 0. The Balaban J connectivity index is 1.89. The monoisotopic (exact) mass is 330 g/mol. The minimum Gasteiger partial charge on any atom is -0.507 e. The molecule has 0 atom stereocenters.